The SMILES string of the molecule is c1ccc(COCCC2CCN(c3cncc(OC[C@@H]4CCN4)c3)CC2)cc1. The third kappa shape index (κ3) is 5.46. The summed E-state index contributed by atoms with van der Waals surface area (Å²) >= 11 is 0. The molecule has 1 atom stereocenters. The lowest BCUT2D eigenvalue weighted by Crippen LogP contribution is -2.46. The van der Waals surface area contributed by atoms with Crippen LogP contribution in [0, 0.1) is 5.92 Å². The predicted octanol–water partition coefficient (Wildman–Crippen LogP) is 3.65. The second-order valence-corrected chi connectivity index (χ2v) is 7.89. The van der Waals surface area contributed by atoms with Gasteiger partial charge >= 0.3 is 0 Å². The maximum absolute atomic E-state index is 5.90. The van der Waals surface area contributed by atoms with E-state index in [1.807, 2.05) is 18.5 Å². The Labute approximate surface area is 168 Å². The molecule has 28 heavy (non-hydrogen) atoms. The Morgan fingerprint density at radius 2 is 1.89 bits per heavy atom. The number of ether oxygens (including phenoxy) is 2. The van der Waals surface area contributed by atoms with Gasteiger partial charge in [0.2, 0.25) is 0 Å². The van der Waals surface area contributed by atoms with Crippen LogP contribution in [0.15, 0.2) is 48.8 Å². The summed E-state index contributed by atoms with van der Waals surface area (Å²) in [4.78, 5) is 6.82. The van der Waals surface area contributed by atoms with Gasteiger partial charge in [-0.2, -0.15) is 0 Å². The van der Waals surface area contributed by atoms with Crippen LogP contribution in [0.3, 0.4) is 0 Å². The van der Waals surface area contributed by atoms with E-state index in [2.05, 4.69) is 45.5 Å². The second kappa shape index (κ2) is 9.89. The van der Waals surface area contributed by atoms with Crippen molar-refractivity contribution in [2.75, 3.05) is 37.7 Å². The third-order valence-corrected chi connectivity index (χ3v) is 5.84. The summed E-state index contributed by atoms with van der Waals surface area (Å²) in [5, 5.41) is 3.36. The number of hydrogen-bond donors (Lipinski definition) is 1. The first-order valence-electron chi connectivity index (χ1n) is 10.5. The lowest BCUT2D eigenvalue weighted by Gasteiger charge is -2.33. The normalized spacial score (nSPS) is 20.0. The Kier molecular flexibility index (Phi) is 6.79. The summed E-state index contributed by atoms with van der Waals surface area (Å²) in [6, 6.07) is 13.0. The molecule has 2 saturated heterocycles. The Balaban J connectivity index is 1.16. The number of piperidine rings is 1. The van der Waals surface area contributed by atoms with Crippen LogP contribution in [0.2, 0.25) is 0 Å². The summed E-state index contributed by atoms with van der Waals surface area (Å²) in [6.07, 6.45) is 8.56. The minimum Gasteiger partial charge on any atom is -0.490 e. The highest BCUT2D eigenvalue weighted by Gasteiger charge is 2.20. The van der Waals surface area contributed by atoms with Crippen LogP contribution >= 0.6 is 0 Å². The first-order chi connectivity index (χ1) is 13.9. The molecule has 5 nitrogen and oxygen atoms in total. The second-order valence-electron chi connectivity index (χ2n) is 7.89. The zero-order valence-electron chi connectivity index (χ0n) is 16.6. The quantitative estimate of drug-likeness (QED) is 0.672. The number of nitrogens with one attached hydrogen (secondary N) is 1. The lowest BCUT2D eigenvalue weighted by atomic mass is 9.94. The molecule has 0 bridgehead atoms. The molecule has 0 radical (unpaired) electrons. The molecule has 3 heterocycles. The van der Waals surface area contributed by atoms with Gasteiger partial charge in [0.05, 0.1) is 24.7 Å². The summed E-state index contributed by atoms with van der Waals surface area (Å²) in [7, 11) is 0. The van der Waals surface area contributed by atoms with E-state index in [0.717, 1.165) is 50.9 Å². The molecule has 1 aromatic carbocycles. The predicted molar refractivity (Wildman–Crippen MR) is 112 cm³/mol. The van der Waals surface area contributed by atoms with Gasteiger partial charge in [-0.3, -0.25) is 4.98 Å². The summed E-state index contributed by atoms with van der Waals surface area (Å²) in [5.74, 6) is 1.63. The van der Waals surface area contributed by atoms with Crippen molar-refractivity contribution < 1.29 is 9.47 Å². The third-order valence-electron chi connectivity index (χ3n) is 5.84. The molecule has 2 aliphatic heterocycles. The lowest BCUT2D eigenvalue weighted by molar-refractivity contribution is 0.104. The highest BCUT2D eigenvalue weighted by atomic mass is 16.5. The molecule has 2 aliphatic rings. The van der Waals surface area contributed by atoms with Gasteiger partial charge in [-0.25, -0.2) is 0 Å². The highest BCUT2D eigenvalue weighted by Crippen LogP contribution is 2.27. The van der Waals surface area contributed by atoms with Gasteiger partial charge in [-0.05, 0) is 43.7 Å². The van der Waals surface area contributed by atoms with Crippen LogP contribution in [-0.4, -0.2) is 43.9 Å². The van der Waals surface area contributed by atoms with E-state index < -0.39 is 0 Å². The molecule has 2 aromatic rings. The van der Waals surface area contributed by atoms with E-state index in [-0.39, 0.29) is 0 Å². The number of pyridine rings is 1. The molecular formula is C23H31N3O2. The van der Waals surface area contributed by atoms with Gasteiger partial charge in [0.15, 0.2) is 0 Å². The summed E-state index contributed by atoms with van der Waals surface area (Å²) in [5.41, 5.74) is 2.43. The van der Waals surface area contributed by atoms with Gasteiger partial charge in [-0.15, -0.1) is 0 Å². The molecule has 2 fully saturated rings. The first kappa shape index (κ1) is 19.2. The zero-order valence-corrected chi connectivity index (χ0v) is 16.6. The number of hydrogen-bond acceptors (Lipinski definition) is 5. The summed E-state index contributed by atoms with van der Waals surface area (Å²) in [6.45, 7) is 5.57. The Morgan fingerprint density at radius 3 is 2.64 bits per heavy atom. The maximum atomic E-state index is 5.90. The minimum absolute atomic E-state index is 0.503. The number of anilines is 1. The fourth-order valence-corrected chi connectivity index (χ4v) is 3.84. The van der Waals surface area contributed by atoms with Gasteiger partial charge in [0.25, 0.3) is 0 Å². The van der Waals surface area contributed by atoms with Gasteiger partial charge < -0.3 is 19.7 Å². The topological polar surface area (TPSA) is 46.6 Å². The van der Waals surface area contributed by atoms with Crippen molar-refractivity contribution in [3.8, 4) is 5.75 Å². The van der Waals surface area contributed by atoms with Crippen LogP contribution < -0.4 is 15.0 Å². The van der Waals surface area contributed by atoms with Gasteiger partial charge in [0, 0.05) is 31.8 Å². The van der Waals surface area contributed by atoms with Crippen LogP contribution in [-0.2, 0) is 11.3 Å². The number of benzene rings is 1. The van der Waals surface area contributed by atoms with Crippen LogP contribution in [0.1, 0.15) is 31.2 Å². The van der Waals surface area contributed by atoms with Crippen molar-refractivity contribution in [2.45, 2.75) is 38.3 Å². The molecule has 0 aliphatic carbocycles. The van der Waals surface area contributed by atoms with E-state index in [4.69, 9.17) is 9.47 Å². The van der Waals surface area contributed by atoms with Gasteiger partial charge in [0.1, 0.15) is 12.4 Å². The minimum atomic E-state index is 0.503. The van der Waals surface area contributed by atoms with Crippen molar-refractivity contribution >= 4 is 5.69 Å². The Morgan fingerprint density at radius 1 is 1.07 bits per heavy atom. The number of nitrogens with zero attached hydrogens (tertiary/aromatic N) is 2. The van der Waals surface area contributed by atoms with Gasteiger partial charge in [-0.1, -0.05) is 30.3 Å². The van der Waals surface area contributed by atoms with E-state index in [1.54, 1.807) is 0 Å². The van der Waals surface area contributed by atoms with E-state index in [0.29, 0.717) is 12.6 Å². The van der Waals surface area contributed by atoms with Crippen LogP contribution in [0.5, 0.6) is 5.75 Å². The van der Waals surface area contributed by atoms with Crippen molar-refractivity contribution in [1.29, 1.82) is 0 Å². The molecule has 0 amide bonds. The van der Waals surface area contributed by atoms with Crippen molar-refractivity contribution in [3.63, 3.8) is 0 Å². The fourth-order valence-electron chi connectivity index (χ4n) is 3.84. The first-order valence-corrected chi connectivity index (χ1v) is 10.5. The standard InChI is InChI=1S/C23H31N3O2/c1-2-4-20(5-3-1)17-27-13-9-19-7-11-26(12-8-19)22-14-23(16-24-15-22)28-18-21-6-10-25-21/h1-5,14-16,19,21,25H,6-13,17-18H2/t21-/m0/s1. The molecule has 1 aromatic heterocycles. The van der Waals surface area contributed by atoms with E-state index in [1.165, 1.54) is 30.5 Å². The van der Waals surface area contributed by atoms with Crippen LogP contribution in [0.25, 0.3) is 0 Å². The molecule has 150 valence electrons. The molecule has 0 unspecified atom stereocenters. The van der Waals surface area contributed by atoms with Crippen LogP contribution in [0.4, 0.5) is 5.69 Å². The van der Waals surface area contributed by atoms with Crippen molar-refractivity contribution in [1.82, 2.24) is 10.3 Å². The average molecular weight is 382 g/mol. The van der Waals surface area contributed by atoms with E-state index >= 15 is 0 Å². The number of aromatic nitrogens is 1. The largest absolute Gasteiger partial charge is 0.490 e. The van der Waals surface area contributed by atoms with Crippen molar-refractivity contribution in [2.24, 2.45) is 5.92 Å². The molecular weight excluding hydrogens is 350 g/mol. The molecule has 4 rings (SSSR count). The molecule has 1 N–H and O–H groups in total. The highest BCUT2D eigenvalue weighted by molar-refractivity contribution is 5.48. The van der Waals surface area contributed by atoms with E-state index in [9.17, 15) is 0 Å². The Bertz CT molecular complexity index is 713. The smallest absolute Gasteiger partial charge is 0.139 e. The summed E-state index contributed by atoms with van der Waals surface area (Å²) < 4.78 is 11.8. The zero-order chi connectivity index (χ0) is 19.0. The maximum Gasteiger partial charge on any atom is 0.139 e. The molecule has 5 heteroatoms. The molecule has 0 spiro atoms. The Hall–Kier alpha value is -2.11. The number of rotatable bonds is 9. The average Bonchev–Trinajstić information content (AvgIpc) is 2.72. The van der Waals surface area contributed by atoms with Crippen molar-refractivity contribution in [3.05, 3.63) is 54.4 Å². The monoisotopic (exact) mass is 381 g/mol. The molecule has 0 saturated carbocycles. The fraction of sp³-hybridized carbons (Fsp3) is 0.522.